The number of alkyl halides is 6. The summed E-state index contributed by atoms with van der Waals surface area (Å²) in [5.74, 6) is -4.84. The predicted molar refractivity (Wildman–Crippen MR) is 131 cm³/mol. The number of fused-ring (bicyclic) bond motifs is 1. The van der Waals surface area contributed by atoms with E-state index in [2.05, 4.69) is 15.3 Å². The number of amides is 1. The maximum Gasteiger partial charge on any atom is 0.490 e. The van der Waals surface area contributed by atoms with Gasteiger partial charge in [0.05, 0.1) is 13.2 Å². The molecule has 0 spiro atoms. The van der Waals surface area contributed by atoms with Gasteiger partial charge in [0, 0.05) is 35.8 Å². The van der Waals surface area contributed by atoms with Gasteiger partial charge in [-0.1, -0.05) is 32.0 Å². The van der Waals surface area contributed by atoms with Gasteiger partial charge in [-0.2, -0.15) is 26.3 Å². The highest BCUT2D eigenvalue weighted by atomic mass is 19.4. The van der Waals surface area contributed by atoms with Crippen LogP contribution in [0, 0.1) is 5.92 Å². The Morgan fingerprint density at radius 1 is 0.927 bits per heavy atom. The molecule has 0 aliphatic heterocycles. The molecule has 3 rings (SSSR count). The molecule has 224 valence electrons. The van der Waals surface area contributed by atoms with E-state index in [1.165, 1.54) is 0 Å². The van der Waals surface area contributed by atoms with Crippen molar-refractivity contribution in [2.24, 2.45) is 5.92 Å². The monoisotopic (exact) mass is 593 g/mol. The number of rotatable bonds is 6. The summed E-state index contributed by atoms with van der Waals surface area (Å²) in [5.41, 5.74) is 1.82. The highest BCUT2D eigenvalue weighted by molar-refractivity contribution is 5.86. The number of phenols is 1. The molecule has 0 aliphatic carbocycles. The van der Waals surface area contributed by atoms with Gasteiger partial charge < -0.3 is 25.4 Å². The summed E-state index contributed by atoms with van der Waals surface area (Å²) in [5, 5.41) is 28.9. The number of ether oxygens (including phenoxy) is 1. The number of carbonyl (C=O) groups is 3. The maximum absolute atomic E-state index is 12.5. The van der Waals surface area contributed by atoms with Crippen molar-refractivity contribution in [3.63, 3.8) is 0 Å². The SMILES string of the molecule is COc1ccc(C(NC(=O)CC(C)C)c2ccc3cccnc3c2O)cn1.O=C(O)C(F)(F)F.O=C(O)C(F)(F)F. The van der Waals surface area contributed by atoms with Crippen molar-refractivity contribution in [1.82, 2.24) is 15.3 Å². The molecule has 0 aliphatic rings. The standard InChI is InChI=1S/C21H23N3O3.2C2HF3O2/c1-13(2)11-17(25)24-19(15-7-9-18(27-3)23-12-15)16-8-6-14-5-4-10-22-20(14)21(16)26;2*3-2(4,5)1(6)7/h4-10,12-13,19,26H,11H2,1-3H3,(H,24,25);2*(H,6,7). The predicted octanol–water partition coefficient (Wildman–Crippen LogP) is 4.86. The Labute approximate surface area is 228 Å². The van der Waals surface area contributed by atoms with Crippen LogP contribution in [-0.2, 0) is 14.4 Å². The first-order chi connectivity index (χ1) is 18.9. The van der Waals surface area contributed by atoms with Gasteiger partial charge in [-0.05, 0) is 23.6 Å². The van der Waals surface area contributed by atoms with Gasteiger partial charge in [0.15, 0.2) is 0 Å². The fraction of sp³-hybridized carbons (Fsp3) is 0.320. The number of hydrogen-bond donors (Lipinski definition) is 4. The lowest BCUT2D eigenvalue weighted by molar-refractivity contribution is -0.193. The number of hydrogen-bond acceptors (Lipinski definition) is 7. The van der Waals surface area contributed by atoms with E-state index in [1.54, 1.807) is 25.6 Å². The third-order valence-corrected chi connectivity index (χ3v) is 4.78. The number of halogens is 6. The number of benzene rings is 1. The van der Waals surface area contributed by atoms with E-state index in [-0.39, 0.29) is 17.6 Å². The molecule has 1 amide bonds. The van der Waals surface area contributed by atoms with Crippen molar-refractivity contribution < 1.29 is 60.8 Å². The van der Waals surface area contributed by atoms with Gasteiger partial charge in [0.2, 0.25) is 11.8 Å². The first kappa shape index (κ1) is 34.4. The van der Waals surface area contributed by atoms with Crippen LogP contribution < -0.4 is 10.1 Å². The number of methoxy groups -OCH3 is 1. The minimum absolute atomic E-state index is 0.0544. The fourth-order valence-corrected chi connectivity index (χ4v) is 2.99. The van der Waals surface area contributed by atoms with Crippen molar-refractivity contribution in [2.75, 3.05) is 7.11 Å². The van der Waals surface area contributed by atoms with Crippen molar-refractivity contribution in [2.45, 2.75) is 38.7 Å². The lowest BCUT2D eigenvalue weighted by Crippen LogP contribution is -2.30. The number of aromatic hydroxyl groups is 1. The van der Waals surface area contributed by atoms with E-state index in [1.807, 2.05) is 44.2 Å². The zero-order chi connectivity index (χ0) is 31.5. The summed E-state index contributed by atoms with van der Waals surface area (Å²) >= 11 is 0. The van der Waals surface area contributed by atoms with Crippen LogP contribution in [-0.4, -0.2) is 62.6 Å². The number of nitrogens with one attached hydrogen (secondary N) is 1. The lowest BCUT2D eigenvalue weighted by Gasteiger charge is -2.22. The Morgan fingerprint density at radius 2 is 1.49 bits per heavy atom. The van der Waals surface area contributed by atoms with Crippen LogP contribution >= 0.6 is 0 Å². The quantitative estimate of drug-likeness (QED) is 0.293. The smallest absolute Gasteiger partial charge is 0.490 e. The minimum Gasteiger partial charge on any atom is -0.505 e. The van der Waals surface area contributed by atoms with E-state index in [0.717, 1.165) is 10.9 Å². The molecule has 3 aromatic rings. The summed E-state index contributed by atoms with van der Waals surface area (Å²) in [6.45, 7) is 3.97. The average Bonchev–Trinajstić information content (AvgIpc) is 2.87. The summed E-state index contributed by atoms with van der Waals surface area (Å²) < 4.78 is 68.6. The Hall–Kier alpha value is -4.63. The maximum atomic E-state index is 12.5. The summed E-state index contributed by atoms with van der Waals surface area (Å²) in [6, 6.07) is 10.4. The number of phenolic OH excluding ortho intramolecular Hbond substituents is 1. The molecular weight excluding hydrogens is 568 g/mol. The zero-order valence-corrected chi connectivity index (χ0v) is 21.6. The molecule has 4 N–H and O–H groups in total. The molecule has 0 radical (unpaired) electrons. The molecule has 1 atom stereocenters. The van der Waals surface area contributed by atoms with E-state index in [0.29, 0.717) is 23.4 Å². The van der Waals surface area contributed by atoms with Crippen LogP contribution in [0.4, 0.5) is 26.3 Å². The Bertz CT molecular complexity index is 1310. The molecule has 1 unspecified atom stereocenters. The Kier molecular flexibility index (Phi) is 12.3. The number of nitrogens with zero attached hydrogens (tertiary/aromatic N) is 2. The van der Waals surface area contributed by atoms with Crippen molar-refractivity contribution in [3.8, 4) is 11.6 Å². The molecule has 0 fully saturated rings. The van der Waals surface area contributed by atoms with E-state index < -0.39 is 30.3 Å². The van der Waals surface area contributed by atoms with Crippen LogP contribution in [0.2, 0.25) is 0 Å². The highest BCUT2D eigenvalue weighted by Crippen LogP contribution is 2.34. The van der Waals surface area contributed by atoms with E-state index in [4.69, 9.17) is 24.5 Å². The molecule has 2 heterocycles. The Morgan fingerprint density at radius 3 is 1.93 bits per heavy atom. The largest absolute Gasteiger partial charge is 0.505 e. The molecule has 0 bridgehead atoms. The normalized spacial score (nSPS) is 11.9. The second-order valence-corrected chi connectivity index (χ2v) is 8.42. The van der Waals surface area contributed by atoms with Crippen LogP contribution in [0.15, 0.2) is 48.8 Å². The number of carbonyl (C=O) groups excluding carboxylic acids is 1. The van der Waals surface area contributed by atoms with Crippen LogP contribution in [0.3, 0.4) is 0 Å². The average molecular weight is 593 g/mol. The van der Waals surface area contributed by atoms with E-state index >= 15 is 0 Å². The van der Waals surface area contributed by atoms with Gasteiger partial charge in [-0.25, -0.2) is 14.6 Å². The summed E-state index contributed by atoms with van der Waals surface area (Å²) in [4.78, 5) is 38.8. The first-order valence-corrected chi connectivity index (χ1v) is 11.3. The van der Waals surface area contributed by atoms with Crippen molar-refractivity contribution >= 4 is 28.7 Å². The zero-order valence-electron chi connectivity index (χ0n) is 21.6. The van der Waals surface area contributed by atoms with Crippen LogP contribution in [0.1, 0.15) is 37.4 Å². The summed E-state index contributed by atoms with van der Waals surface area (Å²) in [6.07, 6.45) is -6.50. The molecule has 0 saturated heterocycles. The van der Waals surface area contributed by atoms with Gasteiger partial charge in [0.1, 0.15) is 11.3 Å². The number of carboxylic acid groups (broad SMARTS) is 2. The molecule has 10 nitrogen and oxygen atoms in total. The Balaban J connectivity index is 0.000000497. The molecule has 41 heavy (non-hydrogen) atoms. The van der Waals surface area contributed by atoms with Gasteiger partial charge >= 0.3 is 24.3 Å². The third-order valence-electron chi connectivity index (χ3n) is 4.78. The lowest BCUT2D eigenvalue weighted by atomic mass is 9.97. The van der Waals surface area contributed by atoms with Crippen molar-refractivity contribution in [1.29, 1.82) is 0 Å². The number of carboxylic acids is 2. The molecule has 1 aromatic carbocycles. The van der Waals surface area contributed by atoms with Crippen LogP contribution in [0.25, 0.3) is 10.9 Å². The fourth-order valence-electron chi connectivity index (χ4n) is 2.99. The third kappa shape index (κ3) is 11.2. The second-order valence-electron chi connectivity index (χ2n) is 8.42. The first-order valence-electron chi connectivity index (χ1n) is 11.3. The molecule has 16 heteroatoms. The highest BCUT2D eigenvalue weighted by Gasteiger charge is 2.38. The van der Waals surface area contributed by atoms with E-state index in [9.17, 15) is 36.2 Å². The van der Waals surface area contributed by atoms with Crippen molar-refractivity contribution in [3.05, 3.63) is 59.9 Å². The van der Waals surface area contributed by atoms with Crippen LogP contribution in [0.5, 0.6) is 11.6 Å². The van der Waals surface area contributed by atoms with Gasteiger partial charge in [-0.3, -0.25) is 9.78 Å². The number of aromatic nitrogens is 2. The van der Waals surface area contributed by atoms with Gasteiger partial charge in [-0.15, -0.1) is 0 Å². The number of aliphatic carboxylic acids is 2. The summed E-state index contributed by atoms with van der Waals surface area (Å²) in [7, 11) is 1.55. The minimum atomic E-state index is -5.08. The molecule has 2 aromatic heterocycles. The topological polar surface area (TPSA) is 159 Å². The number of pyridine rings is 2. The van der Waals surface area contributed by atoms with Gasteiger partial charge in [0.25, 0.3) is 0 Å². The second kappa shape index (κ2) is 14.7. The molecular formula is C25H25F6N3O7. The molecule has 0 saturated carbocycles.